The van der Waals surface area contributed by atoms with E-state index in [4.69, 9.17) is 4.74 Å². The van der Waals surface area contributed by atoms with Gasteiger partial charge in [0, 0.05) is 30.7 Å². The highest BCUT2D eigenvalue weighted by Crippen LogP contribution is 2.69. The molecule has 27 heavy (non-hydrogen) atoms. The van der Waals surface area contributed by atoms with Gasteiger partial charge in [-0.3, -0.25) is 4.79 Å². The van der Waals surface area contributed by atoms with Gasteiger partial charge in [-0.05, 0) is 37.8 Å². The van der Waals surface area contributed by atoms with E-state index < -0.39 is 16.6 Å². The normalized spacial score (nSPS) is 46.8. The summed E-state index contributed by atoms with van der Waals surface area (Å²) in [7, 11) is 2.31. The van der Waals surface area contributed by atoms with Crippen LogP contribution in [-0.2, 0) is 16.6 Å². The standard InChI is InChI=1S/C22H27NO4/c1-20-17(25)7-8-22(26)16-11-14-5-6-15(24)19(27-20)18(14)21(20,22)9-10-23(16,2)12-13-3-4-13/h5-6,13,16,26H,3-4,7-12H2,1-2H3/p+1/t16-,20-,21-,22+,23+/m0/s1. The summed E-state index contributed by atoms with van der Waals surface area (Å²) in [4.78, 5) is 13.1. The van der Waals surface area contributed by atoms with Crippen molar-refractivity contribution in [3.8, 4) is 11.5 Å². The van der Waals surface area contributed by atoms with E-state index >= 15 is 0 Å². The zero-order chi connectivity index (χ0) is 18.8. The molecule has 1 spiro atoms. The number of piperidine rings is 1. The zero-order valence-corrected chi connectivity index (χ0v) is 16.1. The molecule has 2 heterocycles. The number of Topliss-reactive ketones (excluding diaryl/α,β-unsaturated/α-hetero) is 1. The Balaban J connectivity index is 1.64. The number of hydrogen-bond acceptors (Lipinski definition) is 4. The van der Waals surface area contributed by atoms with Crippen LogP contribution in [0.4, 0.5) is 0 Å². The Bertz CT molecular complexity index is 895. The van der Waals surface area contributed by atoms with Crippen LogP contribution in [0.3, 0.4) is 0 Å². The highest BCUT2D eigenvalue weighted by molar-refractivity contribution is 5.93. The van der Waals surface area contributed by atoms with Crippen LogP contribution in [0.25, 0.3) is 0 Å². The van der Waals surface area contributed by atoms with Gasteiger partial charge < -0.3 is 19.4 Å². The molecule has 6 rings (SSSR count). The number of carbonyl (C=O) groups excluding carboxylic acids is 1. The molecule has 2 saturated carbocycles. The van der Waals surface area contributed by atoms with E-state index in [-0.39, 0.29) is 17.6 Å². The molecule has 3 aliphatic carbocycles. The molecule has 5 heteroatoms. The highest BCUT2D eigenvalue weighted by atomic mass is 16.5. The summed E-state index contributed by atoms with van der Waals surface area (Å²) >= 11 is 0. The molecular formula is C22H28NO4+. The number of phenols is 1. The largest absolute Gasteiger partial charge is 0.504 e. The zero-order valence-electron chi connectivity index (χ0n) is 16.1. The third kappa shape index (κ3) is 1.60. The molecule has 0 aromatic heterocycles. The van der Waals surface area contributed by atoms with Crippen LogP contribution in [0.5, 0.6) is 11.5 Å². The first-order valence-electron chi connectivity index (χ1n) is 10.4. The van der Waals surface area contributed by atoms with Crippen LogP contribution in [0.1, 0.15) is 50.2 Å². The van der Waals surface area contributed by atoms with Gasteiger partial charge in [-0.25, -0.2) is 0 Å². The van der Waals surface area contributed by atoms with Crippen molar-refractivity contribution in [2.75, 3.05) is 20.1 Å². The Morgan fingerprint density at radius 1 is 1.30 bits per heavy atom. The minimum Gasteiger partial charge on any atom is -0.504 e. The summed E-state index contributed by atoms with van der Waals surface area (Å²) in [6.45, 7) is 3.93. The summed E-state index contributed by atoms with van der Waals surface area (Å²) in [6, 6.07) is 3.76. The first-order chi connectivity index (χ1) is 12.8. The lowest BCUT2D eigenvalue weighted by Crippen LogP contribution is -2.83. The Hall–Kier alpha value is -1.59. The van der Waals surface area contributed by atoms with E-state index in [0.717, 1.165) is 47.5 Å². The van der Waals surface area contributed by atoms with Crippen LogP contribution in [0, 0.1) is 5.92 Å². The molecule has 2 N–H and O–H groups in total. The van der Waals surface area contributed by atoms with Crippen molar-refractivity contribution >= 4 is 5.78 Å². The summed E-state index contributed by atoms with van der Waals surface area (Å²) in [5.74, 6) is 1.38. The minimum absolute atomic E-state index is 0.0627. The van der Waals surface area contributed by atoms with Gasteiger partial charge in [0.05, 0.1) is 25.6 Å². The van der Waals surface area contributed by atoms with E-state index in [1.54, 1.807) is 6.07 Å². The van der Waals surface area contributed by atoms with Crippen molar-refractivity contribution in [3.05, 3.63) is 23.3 Å². The number of quaternary nitrogens is 1. The van der Waals surface area contributed by atoms with Gasteiger partial charge in [0.25, 0.3) is 0 Å². The van der Waals surface area contributed by atoms with Crippen LogP contribution in [0.15, 0.2) is 12.1 Å². The fraction of sp³-hybridized carbons (Fsp3) is 0.682. The predicted octanol–water partition coefficient (Wildman–Crippen LogP) is 2.06. The Kier molecular flexibility index (Phi) is 2.74. The highest BCUT2D eigenvalue weighted by Gasteiger charge is 2.80. The topological polar surface area (TPSA) is 66.8 Å². The van der Waals surface area contributed by atoms with E-state index in [1.807, 2.05) is 13.0 Å². The average molecular weight is 370 g/mol. The number of aliphatic hydroxyl groups is 1. The van der Waals surface area contributed by atoms with Crippen molar-refractivity contribution in [1.29, 1.82) is 0 Å². The van der Waals surface area contributed by atoms with Gasteiger partial charge in [-0.2, -0.15) is 0 Å². The Labute approximate surface area is 159 Å². The van der Waals surface area contributed by atoms with E-state index in [0.29, 0.717) is 18.6 Å². The van der Waals surface area contributed by atoms with Crippen molar-refractivity contribution in [1.82, 2.24) is 0 Å². The number of carbonyl (C=O) groups is 1. The number of likely N-dealkylation sites (tertiary alicyclic amines) is 1. The van der Waals surface area contributed by atoms with Crippen molar-refractivity contribution in [2.24, 2.45) is 5.92 Å². The summed E-state index contributed by atoms with van der Waals surface area (Å²) in [6.07, 6.45) is 4.98. The lowest BCUT2D eigenvalue weighted by atomic mass is 9.44. The molecule has 0 amide bonds. The number of rotatable bonds is 2. The van der Waals surface area contributed by atoms with Crippen LogP contribution >= 0.6 is 0 Å². The molecule has 1 aromatic rings. The molecule has 1 aromatic carbocycles. The number of ether oxygens (including phenoxy) is 1. The van der Waals surface area contributed by atoms with E-state index in [1.165, 1.54) is 12.8 Å². The number of benzene rings is 1. The molecule has 5 nitrogen and oxygen atoms in total. The molecule has 0 radical (unpaired) electrons. The first kappa shape index (κ1) is 16.4. The van der Waals surface area contributed by atoms with Gasteiger partial charge in [0.15, 0.2) is 22.9 Å². The van der Waals surface area contributed by atoms with E-state index in [2.05, 4.69) is 7.05 Å². The van der Waals surface area contributed by atoms with E-state index in [9.17, 15) is 15.0 Å². The van der Waals surface area contributed by atoms with Crippen molar-refractivity contribution < 1.29 is 24.2 Å². The molecule has 5 aliphatic rings. The smallest absolute Gasteiger partial charge is 0.177 e. The first-order valence-corrected chi connectivity index (χ1v) is 10.4. The molecule has 5 atom stereocenters. The maximum absolute atomic E-state index is 13.1. The van der Waals surface area contributed by atoms with Crippen LogP contribution < -0.4 is 4.74 Å². The van der Waals surface area contributed by atoms with Crippen LogP contribution in [-0.4, -0.2) is 57.9 Å². The SMILES string of the molecule is C[C@@]12Oc3c(O)ccc4c3[C@@]13CC[N@+](C)(CC1CC1)[C@@H](C4)[C@]3(O)CCC2=O. The summed E-state index contributed by atoms with van der Waals surface area (Å²) in [5, 5.41) is 22.8. The summed E-state index contributed by atoms with van der Waals surface area (Å²) in [5.41, 5.74) is -0.711. The monoisotopic (exact) mass is 370 g/mol. The molecule has 2 aliphatic heterocycles. The maximum Gasteiger partial charge on any atom is 0.177 e. The van der Waals surface area contributed by atoms with Crippen molar-refractivity contribution in [3.63, 3.8) is 0 Å². The molecule has 2 bridgehead atoms. The third-order valence-corrected chi connectivity index (χ3v) is 8.86. The molecule has 0 unspecified atom stereocenters. The second kappa shape index (κ2) is 4.52. The van der Waals surface area contributed by atoms with Gasteiger partial charge >= 0.3 is 0 Å². The number of aromatic hydroxyl groups is 1. The fourth-order valence-corrected chi connectivity index (χ4v) is 7.40. The Morgan fingerprint density at radius 3 is 2.81 bits per heavy atom. The molecule has 1 saturated heterocycles. The number of nitrogens with zero attached hydrogens (tertiary/aromatic N) is 1. The van der Waals surface area contributed by atoms with Crippen molar-refractivity contribution in [2.45, 2.75) is 68.1 Å². The van der Waals surface area contributed by atoms with Gasteiger partial charge in [-0.1, -0.05) is 6.07 Å². The number of hydrogen-bond donors (Lipinski definition) is 2. The van der Waals surface area contributed by atoms with Gasteiger partial charge in [0.1, 0.15) is 11.6 Å². The van der Waals surface area contributed by atoms with Gasteiger partial charge in [0.2, 0.25) is 0 Å². The number of likely N-dealkylation sites (N-methyl/N-ethyl adjacent to an activating group) is 1. The fourth-order valence-electron chi connectivity index (χ4n) is 7.40. The lowest BCUT2D eigenvalue weighted by molar-refractivity contribution is -0.950. The molecule has 144 valence electrons. The maximum atomic E-state index is 13.1. The molecule has 3 fully saturated rings. The molecular weight excluding hydrogens is 342 g/mol. The van der Waals surface area contributed by atoms with Crippen LogP contribution in [0.2, 0.25) is 0 Å². The van der Waals surface area contributed by atoms with Gasteiger partial charge in [-0.15, -0.1) is 0 Å². The number of phenolic OH excluding ortho intramolecular Hbond substituents is 1. The number of ketones is 1. The summed E-state index contributed by atoms with van der Waals surface area (Å²) < 4.78 is 7.16. The minimum atomic E-state index is -1.08. The lowest BCUT2D eigenvalue weighted by Gasteiger charge is -2.66. The average Bonchev–Trinajstić information content (AvgIpc) is 3.37. The quantitative estimate of drug-likeness (QED) is 0.782. The third-order valence-electron chi connectivity index (χ3n) is 8.86. The second-order valence-electron chi connectivity index (χ2n) is 10.1. The predicted molar refractivity (Wildman–Crippen MR) is 98.8 cm³/mol. The Morgan fingerprint density at radius 2 is 2.07 bits per heavy atom. The second-order valence-corrected chi connectivity index (χ2v) is 10.1.